The van der Waals surface area contributed by atoms with E-state index in [-0.39, 0.29) is 11.9 Å². The molecule has 1 heterocycles. The molecule has 0 fully saturated rings. The Labute approximate surface area is 137 Å². The minimum atomic E-state index is 0.187. The number of amides is 1. The number of nitrogens with zero attached hydrogens (tertiary/aromatic N) is 2. The highest BCUT2D eigenvalue weighted by atomic mass is 16.5. The molecule has 0 radical (unpaired) electrons. The van der Waals surface area contributed by atoms with E-state index in [0.29, 0.717) is 12.8 Å². The lowest BCUT2D eigenvalue weighted by atomic mass is 9.87. The Hall–Kier alpha value is -2.10. The van der Waals surface area contributed by atoms with Gasteiger partial charge in [-0.15, -0.1) is 0 Å². The predicted octanol–water partition coefficient (Wildman–Crippen LogP) is 3.76. The van der Waals surface area contributed by atoms with Crippen molar-refractivity contribution in [2.24, 2.45) is 0 Å². The molecule has 1 aromatic carbocycles. The molecule has 0 saturated heterocycles. The van der Waals surface area contributed by atoms with Gasteiger partial charge in [-0.1, -0.05) is 29.4 Å². The van der Waals surface area contributed by atoms with Gasteiger partial charge in [0.1, 0.15) is 5.76 Å². The van der Waals surface area contributed by atoms with Crippen LogP contribution in [0.4, 0.5) is 0 Å². The largest absolute Gasteiger partial charge is 0.361 e. The summed E-state index contributed by atoms with van der Waals surface area (Å²) in [6.07, 6.45) is 4.50. The maximum absolute atomic E-state index is 12.6. The number of hydrogen-bond donors (Lipinski definition) is 0. The fourth-order valence-corrected chi connectivity index (χ4v) is 3.57. The van der Waals surface area contributed by atoms with Crippen molar-refractivity contribution in [1.29, 1.82) is 0 Å². The smallest absolute Gasteiger partial charge is 0.223 e. The van der Waals surface area contributed by atoms with Gasteiger partial charge in [0.2, 0.25) is 5.91 Å². The summed E-state index contributed by atoms with van der Waals surface area (Å²) < 4.78 is 5.18. The summed E-state index contributed by atoms with van der Waals surface area (Å²) in [6, 6.07) is 8.71. The van der Waals surface area contributed by atoms with Crippen LogP contribution in [0.3, 0.4) is 0 Å². The molecule has 0 N–H and O–H groups in total. The second-order valence-electron chi connectivity index (χ2n) is 6.41. The van der Waals surface area contributed by atoms with Crippen LogP contribution >= 0.6 is 0 Å². The Kier molecular flexibility index (Phi) is 4.51. The van der Waals surface area contributed by atoms with Gasteiger partial charge in [-0.25, -0.2) is 0 Å². The number of carbonyl (C=O) groups is 1. The van der Waals surface area contributed by atoms with Crippen LogP contribution in [0.5, 0.6) is 0 Å². The number of aromatic nitrogens is 1. The van der Waals surface area contributed by atoms with Crippen LogP contribution < -0.4 is 0 Å². The summed E-state index contributed by atoms with van der Waals surface area (Å²) in [4.78, 5) is 14.6. The van der Waals surface area contributed by atoms with Gasteiger partial charge in [0.15, 0.2) is 0 Å². The summed E-state index contributed by atoms with van der Waals surface area (Å²) in [5, 5.41) is 3.96. The van der Waals surface area contributed by atoms with Gasteiger partial charge in [-0.2, -0.15) is 0 Å². The van der Waals surface area contributed by atoms with E-state index in [9.17, 15) is 4.79 Å². The van der Waals surface area contributed by atoms with Gasteiger partial charge in [0, 0.05) is 19.0 Å². The van der Waals surface area contributed by atoms with Gasteiger partial charge in [0.05, 0.1) is 11.7 Å². The van der Waals surface area contributed by atoms with Crippen molar-refractivity contribution in [1.82, 2.24) is 10.1 Å². The topological polar surface area (TPSA) is 46.3 Å². The zero-order valence-corrected chi connectivity index (χ0v) is 14.1. The number of hydrogen-bond acceptors (Lipinski definition) is 3. The van der Waals surface area contributed by atoms with E-state index in [1.165, 1.54) is 11.1 Å². The van der Waals surface area contributed by atoms with Crippen molar-refractivity contribution < 1.29 is 9.32 Å². The minimum absolute atomic E-state index is 0.187. The van der Waals surface area contributed by atoms with Gasteiger partial charge < -0.3 is 9.42 Å². The molecule has 1 unspecified atom stereocenters. The van der Waals surface area contributed by atoms with Crippen LogP contribution in [0.2, 0.25) is 0 Å². The highest BCUT2D eigenvalue weighted by molar-refractivity contribution is 5.77. The molecule has 4 heteroatoms. The lowest BCUT2D eigenvalue weighted by Crippen LogP contribution is -2.33. The van der Waals surface area contributed by atoms with Crippen LogP contribution in [-0.4, -0.2) is 23.0 Å². The molecule has 0 saturated carbocycles. The van der Waals surface area contributed by atoms with E-state index >= 15 is 0 Å². The van der Waals surface area contributed by atoms with Crippen LogP contribution in [0, 0.1) is 13.8 Å². The first-order valence-corrected chi connectivity index (χ1v) is 8.33. The lowest BCUT2D eigenvalue weighted by molar-refractivity contribution is -0.132. The number of benzene rings is 1. The summed E-state index contributed by atoms with van der Waals surface area (Å²) in [7, 11) is 1.93. The molecule has 122 valence electrons. The second-order valence-corrected chi connectivity index (χ2v) is 6.41. The van der Waals surface area contributed by atoms with Crippen molar-refractivity contribution in [3.05, 3.63) is 52.4 Å². The van der Waals surface area contributed by atoms with Crippen LogP contribution in [0.15, 0.2) is 28.8 Å². The molecule has 23 heavy (non-hydrogen) atoms. The monoisotopic (exact) mass is 312 g/mol. The fourth-order valence-electron chi connectivity index (χ4n) is 3.57. The molecule has 1 atom stereocenters. The normalized spacial score (nSPS) is 16.9. The first-order chi connectivity index (χ1) is 11.1. The van der Waals surface area contributed by atoms with Crippen molar-refractivity contribution >= 4 is 5.91 Å². The molecule has 0 aliphatic heterocycles. The molecule has 1 amide bonds. The van der Waals surface area contributed by atoms with E-state index in [1.54, 1.807) is 0 Å². The summed E-state index contributed by atoms with van der Waals surface area (Å²) >= 11 is 0. The van der Waals surface area contributed by atoms with Gasteiger partial charge in [-0.3, -0.25) is 4.79 Å². The Morgan fingerprint density at radius 2 is 2.13 bits per heavy atom. The Morgan fingerprint density at radius 3 is 2.87 bits per heavy atom. The highest BCUT2D eigenvalue weighted by Crippen LogP contribution is 2.33. The second kappa shape index (κ2) is 6.57. The molecular formula is C19H24N2O2. The molecule has 1 aliphatic rings. The summed E-state index contributed by atoms with van der Waals surface area (Å²) in [5.74, 6) is 1.01. The Morgan fingerprint density at radius 1 is 1.35 bits per heavy atom. The van der Waals surface area contributed by atoms with E-state index < -0.39 is 0 Å². The average molecular weight is 312 g/mol. The number of aryl methyl sites for hydroxylation is 3. The van der Waals surface area contributed by atoms with Crippen molar-refractivity contribution in [3.63, 3.8) is 0 Å². The van der Waals surface area contributed by atoms with E-state index in [0.717, 1.165) is 36.3 Å². The molecule has 0 bridgehead atoms. The maximum Gasteiger partial charge on any atom is 0.223 e. The number of carbonyl (C=O) groups excluding carboxylic acids is 1. The molecular weight excluding hydrogens is 288 g/mol. The molecule has 1 aliphatic carbocycles. The SMILES string of the molecule is Cc1noc(C)c1CCC(=O)N(C)C1CCCc2ccccc21. The molecule has 2 aromatic rings. The van der Waals surface area contributed by atoms with Crippen molar-refractivity contribution in [3.8, 4) is 0 Å². The van der Waals surface area contributed by atoms with E-state index in [2.05, 4.69) is 29.4 Å². The fraction of sp³-hybridized carbons (Fsp3) is 0.474. The van der Waals surface area contributed by atoms with E-state index in [1.807, 2.05) is 25.8 Å². The van der Waals surface area contributed by atoms with Gasteiger partial charge >= 0.3 is 0 Å². The zero-order valence-electron chi connectivity index (χ0n) is 14.1. The van der Waals surface area contributed by atoms with Crippen molar-refractivity contribution in [2.75, 3.05) is 7.05 Å². The number of rotatable bonds is 4. The molecule has 1 aromatic heterocycles. The third-order valence-corrected chi connectivity index (χ3v) is 4.97. The predicted molar refractivity (Wildman–Crippen MR) is 89.2 cm³/mol. The highest BCUT2D eigenvalue weighted by Gasteiger charge is 2.26. The summed E-state index contributed by atoms with van der Waals surface area (Å²) in [5.41, 5.74) is 4.65. The quantitative estimate of drug-likeness (QED) is 0.863. The number of fused-ring (bicyclic) bond motifs is 1. The van der Waals surface area contributed by atoms with Crippen LogP contribution in [0.1, 0.15) is 53.4 Å². The first-order valence-electron chi connectivity index (χ1n) is 8.33. The molecule has 4 nitrogen and oxygen atoms in total. The third kappa shape index (κ3) is 3.16. The molecule has 3 rings (SSSR count). The van der Waals surface area contributed by atoms with Gasteiger partial charge in [0.25, 0.3) is 0 Å². The average Bonchev–Trinajstić information content (AvgIpc) is 2.89. The Bertz CT molecular complexity index is 686. The maximum atomic E-state index is 12.6. The van der Waals surface area contributed by atoms with Gasteiger partial charge in [-0.05, 0) is 50.7 Å². The lowest BCUT2D eigenvalue weighted by Gasteiger charge is -2.33. The van der Waals surface area contributed by atoms with Crippen molar-refractivity contribution in [2.45, 2.75) is 52.0 Å². The van der Waals surface area contributed by atoms with Crippen LogP contribution in [0.25, 0.3) is 0 Å². The standard InChI is InChI=1S/C19H24N2O2/c1-13-16(14(2)23-20-13)11-12-19(22)21(3)18-10-6-8-15-7-4-5-9-17(15)18/h4-5,7,9,18H,6,8,10-12H2,1-3H3. The third-order valence-electron chi connectivity index (χ3n) is 4.97. The summed E-state index contributed by atoms with van der Waals surface area (Å²) in [6.45, 7) is 3.83. The minimum Gasteiger partial charge on any atom is -0.361 e. The Balaban J connectivity index is 1.69. The van der Waals surface area contributed by atoms with Crippen LogP contribution in [-0.2, 0) is 17.6 Å². The zero-order chi connectivity index (χ0) is 16.4. The molecule has 0 spiro atoms. The first kappa shape index (κ1) is 15.8. The van der Waals surface area contributed by atoms with E-state index in [4.69, 9.17) is 4.52 Å².